The van der Waals surface area contributed by atoms with Crippen molar-refractivity contribution in [2.24, 2.45) is 0 Å². The maximum absolute atomic E-state index is 13.0. The summed E-state index contributed by atoms with van der Waals surface area (Å²) >= 11 is 0. The Morgan fingerprint density at radius 3 is 2.39 bits per heavy atom. The summed E-state index contributed by atoms with van der Waals surface area (Å²) in [5, 5.41) is 11.6. The van der Waals surface area contributed by atoms with E-state index in [-0.39, 0.29) is 4.90 Å². The number of benzene rings is 1. The van der Waals surface area contributed by atoms with Crippen molar-refractivity contribution in [2.45, 2.75) is 11.8 Å². The van der Waals surface area contributed by atoms with Crippen LogP contribution in [-0.4, -0.2) is 61.2 Å². The molecule has 0 radical (unpaired) electrons. The Labute approximate surface area is 181 Å². The number of hydrogen-bond acceptors (Lipinski definition) is 8. The van der Waals surface area contributed by atoms with Crippen molar-refractivity contribution in [1.29, 1.82) is 0 Å². The van der Waals surface area contributed by atoms with E-state index < -0.39 is 10.0 Å². The molecule has 1 aliphatic rings. The van der Waals surface area contributed by atoms with E-state index in [4.69, 9.17) is 4.74 Å². The van der Waals surface area contributed by atoms with Crippen LogP contribution in [-0.2, 0) is 10.0 Å². The number of rotatable bonds is 6. The Hall–Kier alpha value is -3.24. The quantitative estimate of drug-likeness (QED) is 0.624. The van der Waals surface area contributed by atoms with Crippen molar-refractivity contribution in [2.75, 3.05) is 43.5 Å². The Morgan fingerprint density at radius 2 is 1.77 bits per heavy atom. The topological polar surface area (TPSA) is 101 Å². The standard InChI is InChI=1S/C21H24N6O3S/c1-16-15-17(6-7-18(16)30-2)31(28,29)27-13-11-26(12-14-27)21-9-8-20(24-25-21)23-19-5-3-4-10-22-19/h3-10,15H,11-14H2,1-2H3,(H,22,23,24). The van der Waals surface area contributed by atoms with Gasteiger partial charge in [-0.25, -0.2) is 13.4 Å². The van der Waals surface area contributed by atoms with Gasteiger partial charge in [0.1, 0.15) is 11.6 Å². The highest BCUT2D eigenvalue weighted by Crippen LogP contribution is 2.25. The molecule has 1 aromatic carbocycles. The molecule has 31 heavy (non-hydrogen) atoms. The number of anilines is 3. The number of nitrogens with zero attached hydrogens (tertiary/aromatic N) is 5. The van der Waals surface area contributed by atoms with Gasteiger partial charge in [0.25, 0.3) is 0 Å². The molecule has 0 aliphatic carbocycles. The highest BCUT2D eigenvalue weighted by atomic mass is 32.2. The minimum absolute atomic E-state index is 0.281. The van der Waals surface area contributed by atoms with E-state index in [0.717, 1.165) is 5.56 Å². The lowest BCUT2D eigenvalue weighted by atomic mass is 10.2. The first-order valence-corrected chi connectivity index (χ1v) is 11.3. The number of aryl methyl sites for hydroxylation is 1. The molecular formula is C21H24N6O3S. The van der Waals surface area contributed by atoms with Crippen LogP contribution in [0.5, 0.6) is 5.75 Å². The summed E-state index contributed by atoms with van der Waals surface area (Å²) in [5.74, 6) is 2.67. The average molecular weight is 441 g/mol. The van der Waals surface area contributed by atoms with Crippen molar-refractivity contribution in [3.8, 4) is 5.75 Å². The molecule has 0 spiro atoms. The number of piperazine rings is 1. The highest BCUT2D eigenvalue weighted by molar-refractivity contribution is 7.89. The van der Waals surface area contributed by atoms with Crippen molar-refractivity contribution in [3.05, 3.63) is 60.3 Å². The summed E-state index contributed by atoms with van der Waals surface area (Å²) in [6.45, 7) is 3.67. The summed E-state index contributed by atoms with van der Waals surface area (Å²) < 4.78 is 32.8. The number of methoxy groups -OCH3 is 1. The second-order valence-electron chi connectivity index (χ2n) is 7.14. The summed E-state index contributed by atoms with van der Waals surface area (Å²) in [5.41, 5.74) is 0.789. The molecule has 1 fully saturated rings. The van der Waals surface area contributed by atoms with E-state index in [1.807, 2.05) is 42.2 Å². The Morgan fingerprint density at radius 1 is 0.968 bits per heavy atom. The summed E-state index contributed by atoms with van der Waals surface area (Å²) in [7, 11) is -1.99. The largest absolute Gasteiger partial charge is 0.496 e. The first-order valence-electron chi connectivity index (χ1n) is 9.89. The molecule has 1 N–H and O–H groups in total. The van der Waals surface area contributed by atoms with Crippen molar-refractivity contribution in [1.82, 2.24) is 19.5 Å². The van der Waals surface area contributed by atoms with Crippen molar-refractivity contribution in [3.63, 3.8) is 0 Å². The van der Waals surface area contributed by atoms with Crippen LogP contribution in [0.15, 0.2) is 59.6 Å². The SMILES string of the molecule is COc1ccc(S(=O)(=O)N2CCN(c3ccc(Nc4ccccn4)nn3)CC2)cc1C. The van der Waals surface area contributed by atoms with Crippen LogP contribution in [0, 0.1) is 6.92 Å². The zero-order valence-electron chi connectivity index (χ0n) is 17.4. The fourth-order valence-electron chi connectivity index (χ4n) is 3.45. The third-order valence-corrected chi connectivity index (χ3v) is 7.03. The van der Waals surface area contributed by atoms with Crippen LogP contribution in [0.25, 0.3) is 0 Å². The number of aromatic nitrogens is 3. The lowest BCUT2D eigenvalue weighted by Crippen LogP contribution is -2.49. The van der Waals surface area contributed by atoms with Gasteiger partial charge in [0.15, 0.2) is 11.6 Å². The molecule has 0 atom stereocenters. The Balaban J connectivity index is 1.39. The molecule has 1 saturated heterocycles. The third-order valence-electron chi connectivity index (χ3n) is 5.14. The van der Waals surface area contributed by atoms with E-state index >= 15 is 0 Å². The van der Waals surface area contributed by atoms with Gasteiger partial charge >= 0.3 is 0 Å². The maximum Gasteiger partial charge on any atom is 0.243 e. The van der Waals surface area contributed by atoms with Gasteiger partial charge in [-0.05, 0) is 55.0 Å². The van der Waals surface area contributed by atoms with Gasteiger partial charge < -0.3 is 15.0 Å². The zero-order valence-corrected chi connectivity index (χ0v) is 18.2. The van der Waals surface area contributed by atoms with Gasteiger partial charge in [-0.15, -0.1) is 10.2 Å². The van der Waals surface area contributed by atoms with Crippen molar-refractivity contribution >= 4 is 27.5 Å². The van der Waals surface area contributed by atoms with Crippen LogP contribution in [0.1, 0.15) is 5.56 Å². The van der Waals surface area contributed by atoms with Crippen molar-refractivity contribution < 1.29 is 13.2 Å². The second kappa shape index (κ2) is 8.86. The maximum atomic E-state index is 13.0. The molecule has 162 valence electrons. The first kappa shape index (κ1) is 21.0. The second-order valence-corrected chi connectivity index (χ2v) is 9.08. The predicted molar refractivity (Wildman–Crippen MR) is 118 cm³/mol. The number of sulfonamides is 1. The van der Waals surface area contributed by atoms with Crippen LogP contribution in [0.3, 0.4) is 0 Å². The molecule has 0 amide bonds. The molecule has 0 unspecified atom stereocenters. The van der Waals surface area contributed by atoms with E-state index in [1.54, 1.807) is 31.5 Å². The first-order chi connectivity index (χ1) is 15.0. The minimum atomic E-state index is -3.56. The summed E-state index contributed by atoms with van der Waals surface area (Å²) in [6.07, 6.45) is 1.70. The number of hydrogen-bond donors (Lipinski definition) is 1. The van der Waals surface area contributed by atoms with Crippen LogP contribution in [0.4, 0.5) is 17.5 Å². The fraction of sp³-hybridized carbons (Fsp3) is 0.286. The molecule has 10 heteroatoms. The molecule has 1 aliphatic heterocycles. The average Bonchev–Trinajstić information content (AvgIpc) is 2.80. The number of pyridine rings is 1. The number of ether oxygens (including phenoxy) is 1. The van der Waals surface area contributed by atoms with Crippen LogP contribution >= 0.6 is 0 Å². The predicted octanol–water partition coefficient (Wildman–Crippen LogP) is 2.44. The molecular weight excluding hydrogens is 416 g/mol. The Kier molecular flexibility index (Phi) is 6.01. The summed E-state index contributed by atoms with van der Waals surface area (Å²) in [4.78, 5) is 6.51. The molecule has 0 bridgehead atoms. The molecule has 0 saturated carbocycles. The van der Waals surface area contributed by atoms with Gasteiger partial charge in [0, 0.05) is 32.4 Å². The number of nitrogens with one attached hydrogen (secondary N) is 1. The van der Waals surface area contributed by atoms with Gasteiger partial charge in [0.05, 0.1) is 12.0 Å². The van der Waals surface area contributed by atoms with E-state index in [9.17, 15) is 8.42 Å². The normalized spacial score (nSPS) is 15.0. The molecule has 3 aromatic rings. The van der Waals surface area contributed by atoms with E-state index in [1.165, 1.54) is 4.31 Å². The van der Waals surface area contributed by atoms with Gasteiger partial charge in [-0.2, -0.15) is 4.31 Å². The van der Waals surface area contributed by atoms with Gasteiger partial charge in [-0.3, -0.25) is 0 Å². The van der Waals surface area contributed by atoms with E-state index in [0.29, 0.717) is 49.4 Å². The lowest BCUT2D eigenvalue weighted by molar-refractivity contribution is 0.383. The highest BCUT2D eigenvalue weighted by Gasteiger charge is 2.29. The van der Waals surface area contributed by atoms with E-state index in [2.05, 4.69) is 20.5 Å². The summed E-state index contributed by atoms with van der Waals surface area (Å²) in [6, 6.07) is 14.2. The molecule has 9 nitrogen and oxygen atoms in total. The smallest absolute Gasteiger partial charge is 0.243 e. The van der Waals surface area contributed by atoms with Gasteiger partial charge in [-0.1, -0.05) is 6.07 Å². The third kappa shape index (κ3) is 4.59. The van der Waals surface area contributed by atoms with Crippen LogP contribution < -0.4 is 15.0 Å². The Bertz CT molecular complexity index is 1130. The monoisotopic (exact) mass is 440 g/mol. The minimum Gasteiger partial charge on any atom is -0.496 e. The zero-order chi connectivity index (χ0) is 21.8. The lowest BCUT2D eigenvalue weighted by Gasteiger charge is -2.34. The van der Waals surface area contributed by atoms with Gasteiger partial charge in [0.2, 0.25) is 10.0 Å². The molecule has 3 heterocycles. The molecule has 4 rings (SSSR count). The molecule has 2 aromatic heterocycles. The van der Waals surface area contributed by atoms with Crippen LogP contribution in [0.2, 0.25) is 0 Å². The fourth-order valence-corrected chi connectivity index (χ4v) is 4.95.